The molecule has 0 bridgehead atoms. The van der Waals surface area contributed by atoms with Crippen molar-refractivity contribution in [3.8, 4) is 0 Å². The van der Waals surface area contributed by atoms with Gasteiger partial charge in [-0.3, -0.25) is 47.9 Å². The molecule has 2 heterocycles. The summed E-state index contributed by atoms with van der Waals surface area (Å²) in [6.07, 6.45) is -17.8. The van der Waals surface area contributed by atoms with Crippen LogP contribution in [0.1, 0.15) is 76.1 Å². The molecule has 22 heteroatoms. The van der Waals surface area contributed by atoms with Gasteiger partial charge in [0.15, 0.2) is 24.4 Å². The number of Topliss-reactive ketones (excluding diaryl/α,β-unsaturated/α-hetero) is 2. The molecule has 1 aromatic carbocycles. The Bertz CT molecular complexity index is 1800. The summed E-state index contributed by atoms with van der Waals surface area (Å²) in [5, 5.41) is 0. The van der Waals surface area contributed by atoms with Crippen LogP contribution in [0, 0.1) is 0 Å². The number of fused-ring (bicyclic) bond motifs is 1. The van der Waals surface area contributed by atoms with Gasteiger partial charge in [-0.2, -0.15) is 0 Å². The van der Waals surface area contributed by atoms with Gasteiger partial charge in [-0.05, 0) is 0 Å². The molecule has 2 fully saturated rings. The van der Waals surface area contributed by atoms with Crippen LogP contribution in [0.5, 0.6) is 0 Å². The van der Waals surface area contributed by atoms with E-state index in [-0.39, 0.29) is 11.1 Å². The van der Waals surface area contributed by atoms with Crippen LogP contribution in [0.2, 0.25) is 0 Å². The minimum Gasteiger partial charge on any atom is -0.463 e. The molecule has 60 heavy (non-hydrogen) atoms. The number of carbonyl (C=O) groups is 10. The van der Waals surface area contributed by atoms with Crippen molar-refractivity contribution in [2.24, 2.45) is 0 Å². The predicted octanol–water partition coefficient (Wildman–Crippen LogP) is 0.477. The molecule has 0 aromatic heterocycles. The maximum absolute atomic E-state index is 14.4. The first-order valence-corrected chi connectivity index (χ1v) is 18.0. The van der Waals surface area contributed by atoms with Gasteiger partial charge in [-0.25, -0.2) is 0 Å². The van der Waals surface area contributed by atoms with E-state index in [0.717, 1.165) is 55.4 Å². The van der Waals surface area contributed by atoms with Crippen molar-refractivity contribution in [3.05, 3.63) is 46.9 Å². The molecular formula is C38H42O22. The fourth-order valence-corrected chi connectivity index (χ4v) is 6.34. The summed E-state index contributed by atoms with van der Waals surface area (Å²) in [4.78, 5) is 127. The third-order valence-corrected chi connectivity index (χ3v) is 8.40. The lowest BCUT2D eigenvalue weighted by Gasteiger charge is -2.45. The maximum atomic E-state index is 14.4. The van der Waals surface area contributed by atoms with Crippen molar-refractivity contribution < 1.29 is 105 Å². The van der Waals surface area contributed by atoms with Crippen LogP contribution in [0.4, 0.5) is 0 Å². The topological polar surface area (TPSA) is 281 Å². The quantitative estimate of drug-likeness (QED) is 0.182. The van der Waals surface area contributed by atoms with Crippen molar-refractivity contribution in [1.29, 1.82) is 0 Å². The van der Waals surface area contributed by atoms with Crippen LogP contribution in [0.25, 0.3) is 0 Å². The van der Waals surface area contributed by atoms with E-state index in [9.17, 15) is 47.9 Å². The van der Waals surface area contributed by atoms with Crippen LogP contribution >= 0.6 is 0 Å². The van der Waals surface area contributed by atoms with E-state index in [4.69, 9.17) is 56.8 Å². The predicted molar refractivity (Wildman–Crippen MR) is 188 cm³/mol. The Morgan fingerprint density at radius 3 is 1.00 bits per heavy atom. The van der Waals surface area contributed by atoms with E-state index in [1.165, 1.54) is 24.3 Å². The van der Waals surface area contributed by atoms with Crippen LogP contribution in [-0.2, 0) is 95.2 Å². The average Bonchev–Trinajstić information content (AvgIpc) is 3.13. The van der Waals surface area contributed by atoms with Gasteiger partial charge in [0.1, 0.15) is 25.4 Å². The van der Waals surface area contributed by atoms with Gasteiger partial charge in [0.2, 0.25) is 47.9 Å². The molecule has 22 nitrogen and oxygen atoms in total. The van der Waals surface area contributed by atoms with Gasteiger partial charge in [0.25, 0.3) is 0 Å². The average molecular weight is 851 g/mol. The minimum absolute atomic E-state index is 0.239. The SMILES string of the molecule is CC(=O)OC[C@H]1O[C@@H](OC2=C(O[C@@H]3O[C@H](COC(C)=O)[C@@H](OC(C)=O)[C@H](OC(C)=O)[C@H]3OC(C)=O)C(=O)c3ccccc3C2=O)[C@H](OC(C)=O)[C@@H](OC(C)=O)[C@@H]1OC(C)=O. The van der Waals surface area contributed by atoms with Crippen LogP contribution in [-0.4, -0.2) is 134 Å². The Balaban J connectivity index is 1.93. The Morgan fingerprint density at radius 2 is 0.717 bits per heavy atom. The van der Waals surface area contributed by atoms with Crippen LogP contribution in [0.3, 0.4) is 0 Å². The van der Waals surface area contributed by atoms with Gasteiger partial charge in [0, 0.05) is 66.5 Å². The van der Waals surface area contributed by atoms with Gasteiger partial charge >= 0.3 is 47.8 Å². The lowest BCUT2D eigenvalue weighted by molar-refractivity contribution is -0.304. The highest BCUT2D eigenvalue weighted by Gasteiger charge is 2.57. The normalized spacial score (nSPS) is 27.2. The first kappa shape index (κ1) is 46.3. The number of hydrogen-bond acceptors (Lipinski definition) is 22. The summed E-state index contributed by atoms with van der Waals surface area (Å²) < 4.78 is 66.8. The fraction of sp³-hybridized carbons (Fsp3) is 0.526. The zero-order valence-corrected chi connectivity index (χ0v) is 33.5. The molecule has 0 radical (unpaired) electrons. The molecule has 0 amide bonds. The summed E-state index contributed by atoms with van der Waals surface area (Å²) in [6, 6.07) is 5.36. The molecule has 3 aliphatic rings. The van der Waals surface area contributed by atoms with Crippen molar-refractivity contribution >= 4 is 59.3 Å². The van der Waals surface area contributed by atoms with E-state index >= 15 is 0 Å². The monoisotopic (exact) mass is 850 g/mol. The summed E-state index contributed by atoms with van der Waals surface area (Å²) in [5.74, 6) is -11.5. The molecule has 326 valence electrons. The first-order valence-electron chi connectivity index (χ1n) is 18.0. The third kappa shape index (κ3) is 11.6. The molecule has 4 rings (SSSR count). The van der Waals surface area contributed by atoms with Crippen LogP contribution < -0.4 is 0 Å². The lowest BCUT2D eigenvalue weighted by Crippen LogP contribution is -2.63. The number of benzene rings is 1. The number of ketones is 2. The molecular weight excluding hydrogens is 808 g/mol. The highest BCUT2D eigenvalue weighted by atomic mass is 16.8. The summed E-state index contributed by atoms with van der Waals surface area (Å²) in [6.45, 7) is 6.61. The zero-order valence-electron chi connectivity index (χ0n) is 33.5. The van der Waals surface area contributed by atoms with Gasteiger partial charge in [-0.1, -0.05) is 24.3 Å². The highest BCUT2D eigenvalue weighted by Crippen LogP contribution is 2.37. The number of rotatable bonds is 14. The molecule has 2 saturated heterocycles. The lowest BCUT2D eigenvalue weighted by atomic mass is 9.91. The highest BCUT2D eigenvalue weighted by molar-refractivity contribution is 6.25. The van der Waals surface area contributed by atoms with Gasteiger partial charge in [0.05, 0.1) is 0 Å². The molecule has 2 aliphatic heterocycles. The number of carbonyl (C=O) groups excluding carboxylic acids is 10. The van der Waals surface area contributed by atoms with E-state index in [0.29, 0.717) is 0 Å². The summed E-state index contributed by atoms with van der Waals surface area (Å²) in [7, 11) is 0. The molecule has 0 spiro atoms. The molecule has 1 aromatic rings. The minimum atomic E-state index is -2.06. The Labute approximate surface area is 340 Å². The standard InChI is InChI=1S/C38H42O22/c1-15(39)49-13-25-29(51-17(3)41)33(53-19(5)43)35(55-21(7)45)37(57-25)59-31-27(47)23-11-9-10-12-24(23)28(48)32(31)60-38-36(56-22(8)46)34(54-20(6)44)30(52-18(4)42)26(58-38)14-50-16(2)40/h9-12,25-26,29-30,33-38H,13-14H2,1-8H3/t25-,26-,29-,30-,33+,34+,35-,36-,37+,38+/m1/s1. The van der Waals surface area contributed by atoms with Crippen molar-refractivity contribution in [2.75, 3.05) is 13.2 Å². The number of ether oxygens (including phenoxy) is 12. The molecule has 10 atom stereocenters. The summed E-state index contributed by atoms with van der Waals surface area (Å²) in [5.41, 5.74) is -0.478. The van der Waals surface area contributed by atoms with E-state index < -0.39 is 145 Å². The second kappa shape index (κ2) is 20.0. The van der Waals surface area contributed by atoms with E-state index in [1.807, 2.05) is 0 Å². The Morgan fingerprint density at radius 1 is 0.433 bits per heavy atom. The van der Waals surface area contributed by atoms with Crippen molar-refractivity contribution in [1.82, 2.24) is 0 Å². The van der Waals surface area contributed by atoms with E-state index in [1.54, 1.807) is 0 Å². The third-order valence-electron chi connectivity index (χ3n) is 8.40. The van der Waals surface area contributed by atoms with Crippen molar-refractivity contribution in [2.45, 2.75) is 117 Å². The molecule has 0 saturated carbocycles. The summed E-state index contributed by atoms with van der Waals surface area (Å²) >= 11 is 0. The van der Waals surface area contributed by atoms with Crippen molar-refractivity contribution in [3.63, 3.8) is 0 Å². The first-order chi connectivity index (χ1) is 28.2. The largest absolute Gasteiger partial charge is 0.463 e. The zero-order chi connectivity index (χ0) is 44.6. The van der Waals surface area contributed by atoms with E-state index in [2.05, 4.69) is 0 Å². The maximum Gasteiger partial charge on any atom is 0.303 e. The molecule has 1 aliphatic carbocycles. The molecule has 0 unspecified atom stereocenters. The van der Waals surface area contributed by atoms with Gasteiger partial charge < -0.3 is 56.8 Å². The molecule has 0 N–H and O–H groups in total. The number of hydrogen-bond donors (Lipinski definition) is 0. The fourth-order valence-electron chi connectivity index (χ4n) is 6.34. The second-order valence-corrected chi connectivity index (χ2v) is 13.2. The number of esters is 8. The number of allylic oxidation sites excluding steroid dienone is 2. The van der Waals surface area contributed by atoms with Crippen LogP contribution in [0.15, 0.2) is 35.8 Å². The Hall–Kier alpha value is -6.42. The van der Waals surface area contributed by atoms with Gasteiger partial charge in [-0.15, -0.1) is 0 Å². The Kier molecular flexibility index (Phi) is 15.4. The second-order valence-electron chi connectivity index (χ2n) is 13.2. The smallest absolute Gasteiger partial charge is 0.303 e.